The number of unbranched alkanes of at least 4 members (excludes halogenated alkanes) is 1. The zero-order chi connectivity index (χ0) is 25.1. The molecule has 1 N–H and O–H groups in total. The summed E-state index contributed by atoms with van der Waals surface area (Å²) in [7, 11) is -1.31. The lowest BCUT2D eigenvalue weighted by Crippen LogP contribution is -2.38. The van der Waals surface area contributed by atoms with Crippen molar-refractivity contribution in [3.05, 3.63) is 71.8 Å². The largest absolute Gasteiger partial charge is 0.352 e. The fourth-order valence-corrected chi connectivity index (χ4v) is 5.02. The van der Waals surface area contributed by atoms with Crippen LogP contribution in [0.1, 0.15) is 55.8 Å². The van der Waals surface area contributed by atoms with E-state index in [0.29, 0.717) is 6.04 Å². The van der Waals surface area contributed by atoms with E-state index in [1.54, 1.807) is 0 Å². The fraction of sp³-hybridized carbons (Fsp3) is 0.452. The molecule has 0 fully saturated rings. The average molecular weight is 487 g/mol. The lowest BCUT2D eigenvalue weighted by atomic mass is 9.94. The highest BCUT2D eigenvalue weighted by atomic mass is 28.3. The van der Waals surface area contributed by atoms with Crippen LogP contribution in [0.3, 0.4) is 0 Å². The van der Waals surface area contributed by atoms with Gasteiger partial charge in [0.05, 0.1) is 0 Å². The summed E-state index contributed by atoms with van der Waals surface area (Å²) < 4.78 is 0. The third-order valence-corrected chi connectivity index (χ3v) is 7.30. The van der Waals surface area contributed by atoms with Crippen LogP contribution in [0.25, 0.3) is 11.1 Å². The Morgan fingerprint density at radius 1 is 1.00 bits per heavy atom. The van der Waals surface area contributed by atoms with Crippen molar-refractivity contribution < 1.29 is 4.79 Å². The van der Waals surface area contributed by atoms with Crippen LogP contribution in [0, 0.1) is 11.5 Å². The first-order chi connectivity index (χ1) is 16.9. The molecule has 3 nitrogen and oxygen atoms in total. The molecule has 0 heterocycles. The molecule has 2 aromatic rings. The first-order valence-electron chi connectivity index (χ1n) is 13.3. The molecule has 2 aromatic carbocycles. The minimum Gasteiger partial charge on any atom is -0.352 e. The lowest BCUT2D eigenvalue weighted by molar-refractivity contribution is 0.0952. The van der Waals surface area contributed by atoms with Crippen LogP contribution in [-0.4, -0.2) is 44.6 Å². The Balaban J connectivity index is 1.40. The van der Waals surface area contributed by atoms with E-state index in [1.807, 2.05) is 42.5 Å². The van der Waals surface area contributed by atoms with Crippen LogP contribution in [-0.2, 0) is 0 Å². The van der Waals surface area contributed by atoms with E-state index in [0.717, 1.165) is 56.4 Å². The van der Waals surface area contributed by atoms with Crippen LogP contribution in [0.4, 0.5) is 0 Å². The summed E-state index contributed by atoms with van der Waals surface area (Å²) in [5.74, 6) is 3.48. The van der Waals surface area contributed by atoms with Gasteiger partial charge in [0.25, 0.3) is 5.91 Å². The number of nitrogens with zero attached hydrogens (tertiary/aromatic N) is 1. The second-order valence-electron chi connectivity index (χ2n) is 10.6. The molecule has 186 valence electrons. The number of benzene rings is 2. The van der Waals surface area contributed by atoms with Gasteiger partial charge in [0, 0.05) is 18.2 Å². The normalized spacial score (nSPS) is 15.8. The molecular formula is C31H42N2OSi. The van der Waals surface area contributed by atoms with E-state index in [2.05, 4.69) is 66.5 Å². The number of hydrogen-bond acceptors (Lipinski definition) is 2. The number of carbonyl (C=O) groups excluding carboxylic acids is 1. The first kappa shape index (κ1) is 27.0. The van der Waals surface area contributed by atoms with Crippen molar-refractivity contribution >= 4 is 14.0 Å². The maximum absolute atomic E-state index is 12.5. The van der Waals surface area contributed by atoms with Gasteiger partial charge >= 0.3 is 0 Å². The van der Waals surface area contributed by atoms with Gasteiger partial charge in [-0.25, -0.2) is 0 Å². The predicted molar refractivity (Wildman–Crippen MR) is 152 cm³/mol. The Hall–Kier alpha value is -2.61. The van der Waals surface area contributed by atoms with E-state index >= 15 is 0 Å². The van der Waals surface area contributed by atoms with Crippen molar-refractivity contribution in [1.82, 2.24) is 10.2 Å². The van der Waals surface area contributed by atoms with Gasteiger partial charge in [-0.2, -0.15) is 0 Å². The van der Waals surface area contributed by atoms with Crippen molar-refractivity contribution in [2.45, 2.75) is 71.1 Å². The van der Waals surface area contributed by atoms with E-state index in [9.17, 15) is 4.79 Å². The Bertz CT molecular complexity index is 1030. The Morgan fingerprint density at radius 3 is 2.34 bits per heavy atom. The highest BCUT2D eigenvalue weighted by molar-refractivity contribution is 6.83. The fourth-order valence-electron chi connectivity index (χ4n) is 4.49. The van der Waals surface area contributed by atoms with Gasteiger partial charge < -0.3 is 10.2 Å². The molecule has 1 aliphatic carbocycles. The number of rotatable bonds is 10. The van der Waals surface area contributed by atoms with E-state index in [1.165, 1.54) is 24.0 Å². The number of amides is 1. The molecule has 1 unspecified atom stereocenters. The average Bonchev–Trinajstić information content (AvgIpc) is 2.87. The maximum atomic E-state index is 12.5. The molecule has 0 aliphatic heterocycles. The standard InChI is InChI=1S/C31H42N2OSi/c1-5-23-33(30-19-13-26(14-20-30)21-25-35(2,3)4)24-10-9-22-32-31(34)29-17-15-28(16-18-29)27-11-7-6-8-12-27/h6-8,11-13,15-18,30H,5,9-10,14,19-20,22-24H2,1-4H3,(H,32,34). The molecule has 0 saturated carbocycles. The van der Waals surface area contributed by atoms with Gasteiger partial charge in [-0.3, -0.25) is 4.79 Å². The quantitative estimate of drug-likeness (QED) is 0.224. The number of carbonyl (C=O) groups is 1. The van der Waals surface area contributed by atoms with Crippen molar-refractivity contribution in [3.63, 3.8) is 0 Å². The molecule has 0 bridgehead atoms. The number of nitrogens with one attached hydrogen (secondary N) is 1. The van der Waals surface area contributed by atoms with E-state index in [4.69, 9.17) is 0 Å². The van der Waals surface area contributed by atoms with Gasteiger partial charge in [-0.05, 0) is 80.4 Å². The summed E-state index contributed by atoms with van der Waals surface area (Å²) in [6.07, 6.45) is 9.11. The molecule has 0 spiro atoms. The highest BCUT2D eigenvalue weighted by Gasteiger charge is 2.20. The van der Waals surface area contributed by atoms with E-state index < -0.39 is 8.07 Å². The van der Waals surface area contributed by atoms with Gasteiger partial charge in [0.15, 0.2) is 0 Å². The molecule has 35 heavy (non-hydrogen) atoms. The second-order valence-corrected chi connectivity index (χ2v) is 15.3. The lowest BCUT2D eigenvalue weighted by Gasteiger charge is -2.33. The third-order valence-electron chi connectivity index (χ3n) is 6.42. The van der Waals surface area contributed by atoms with Crippen LogP contribution in [0.2, 0.25) is 19.6 Å². The Labute approximate surface area is 214 Å². The molecule has 1 aliphatic rings. The SMILES string of the molecule is CCCN(CCCCNC(=O)c1ccc(-c2ccccc2)cc1)C1CC=C(C#C[Si](C)(C)C)CC1. The number of allylic oxidation sites excluding steroid dienone is 1. The first-order valence-corrected chi connectivity index (χ1v) is 16.8. The zero-order valence-corrected chi connectivity index (χ0v) is 23.1. The molecular weight excluding hydrogens is 444 g/mol. The summed E-state index contributed by atoms with van der Waals surface area (Å²) in [5.41, 5.74) is 7.88. The predicted octanol–water partition coefficient (Wildman–Crippen LogP) is 6.94. The Kier molecular flexibility index (Phi) is 10.4. The van der Waals surface area contributed by atoms with Crippen LogP contribution in [0.15, 0.2) is 66.2 Å². The molecule has 3 rings (SSSR count). The highest BCUT2D eigenvalue weighted by Crippen LogP contribution is 2.23. The van der Waals surface area contributed by atoms with Crippen LogP contribution >= 0.6 is 0 Å². The summed E-state index contributed by atoms with van der Waals surface area (Å²) in [4.78, 5) is 15.2. The Morgan fingerprint density at radius 2 is 1.71 bits per heavy atom. The monoisotopic (exact) mass is 486 g/mol. The van der Waals surface area contributed by atoms with Crippen molar-refractivity contribution in [1.29, 1.82) is 0 Å². The van der Waals surface area contributed by atoms with Gasteiger partial charge in [-0.15, -0.1) is 5.54 Å². The van der Waals surface area contributed by atoms with Crippen molar-refractivity contribution in [2.75, 3.05) is 19.6 Å². The minimum atomic E-state index is -1.31. The zero-order valence-electron chi connectivity index (χ0n) is 22.1. The number of hydrogen-bond donors (Lipinski definition) is 1. The van der Waals surface area contributed by atoms with Gasteiger partial charge in [0.1, 0.15) is 8.07 Å². The van der Waals surface area contributed by atoms with Gasteiger partial charge in [-0.1, -0.05) is 81.0 Å². The molecule has 0 saturated heterocycles. The second kappa shape index (κ2) is 13.5. The summed E-state index contributed by atoms with van der Waals surface area (Å²) in [6.45, 7) is 12.1. The van der Waals surface area contributed by atoms with E-state index in [-0.39, 0.29) is 5.91 Å². The topological polar surface area (TPSA) is 32.3 Å². The summed E-state index contributed by atoms with van der Waals surface area (Å²) in [5, 5.41) is 3.10. The summed E-state index contributed by atoms with van der Waals surface area (Å²) in [6, 6.07) is 18.8. The minimum absolute atomic E-state index is 0.0133. The smallest absolute Gasteiger partial charge is 0.251 e. The van der Waals surface area contributed by atoms with Gasteiger partial charge in [0.2, 0.25) is 0 Å². The van der Waals surface area contributed by atoms with Crippen LogP contribution < -0.4 is 5.32 Å². The molecule has 1 atom stereocenters. The van der Waals surface area contributed by atoms with Crippen molar-refractivity contribution in [3.8, 4) is 22.6 Å². The van der Waals surface area contributed by atoms with Crippen LogP contribution in [0.5, 0.6) is 0 Å². The molecule has 0 radical (unpaired) electrons. The maximum Gasteiger partial charge on any atom is 0.251 e. The summed E-state index contributed by atoms with van der Waals surface area (Å²) >= 11 is 0. The third kappa shape index (κ3) is 9.16. The molecule has 4 heteroatoms. The molecule has 1 amide bonds. The van der Waals surface area contributed by atoms with Crippen molar-refractivity contribution in [2.24, 2.45) is 0 Å². The molecule has 0 aromatic heterocycles.